The van der Waals surface area contributed by atoms with Gasteiger partial charge in [-0.3, -0.25) is 14.9 Å². The summed E-state index contributed by atoms with van der Waals surface area (Å²) in [5.74, 6) is -0.208. The molecule has 0 atom stereocenters. The number of benzene rings is 1. The second-order valence-electron chi connectivity index (χ2n) is 4.55. The number of amides is 1. The van der Waals surface area contributed by atoms with Gasteiger partial charge in [-0.2, -0.15) is 0 Å². The van der Waals surface area contributed by atoms with E-state index in [2.05, 4.69) is 15.6 Å². The van der Waals surface area contributed by atoms with Crippen molar-refractivity contribution >= 4 is 22.9 Å². The Kier molecular flexibility index (Phi) is 5.56. The SMILES string of the molecule is CNCCCNC(=O)c1csc(-c2ccc([N+](=O)[O-])cc2)n1. The molecule has 22 heavy (non-hydrogen) atoms. The van der Waals surface area contributed by atoms with Crippen molar-refractivity contribution in [3.05, 3.63) is 45.5 Å². The van der Waals surface area contributed by atoms with Gasteiger partial charge in [0.1, 0.15) is 10.7 Å². The Labute approximate surface area is 131 Å². The van der Waals surface area contributed by atoms with Gasteiger partial charge < -0.3 is 10.6 Å². The Bertz CT molecular complexity index is 654. The highest BCUT2D eigenvalue weighted by atomic mass is 32.1. The second kappa shape index (κ2) is 7.62. The van der Waals surface area contributed by atoms with Crippen LogP contribution >= 0.6 is 11.3 Å². The lowest BCUT2D eigenvalue weighted by Gasteiger charge is -2.02. The van der Waals surface area contributed by atoms with E-state index in [1.165, 1.54) is 23.5 Å². The maximum absolute atomic E-state index is 11.9. The number of nitrogens with zero attached hydrogens (tertiary/aromatic N) is 2. The van der Waals surface area contributed by atoms with Gasteiger partial charge in [0.15, 0.2) is 0 Å². The molecule has 8 heteroatoms. The first kappa shape index (κ1) is 16.1. The first-order valence-corrected chi connectivity index (χ1v) is 7.63. The quantitative estimate of drug-likeness (QED) is 0.462. The zero-order chi connectivity index (χ0) is 15.9. The van der Waals surface area contributed by atoms with Crippen LogP contribution in [0.2, 0.25) is 0 Å². The van der Waals surface area contributed by atoms with Crippen LogP contribution in [0.5, 0.6) is 0 Å². The van der Waals surface area contributed by atoms with E-state index in [-0.39, 0.29) is 11.6 Å². The van der Waals surface area contributed by atoms with Crippen molar-refractivity contribution in [3.8, 4) is 10.6 Å². The van der Waals surface area contributed by atoms with Gasteiger partial charge in [-0.1, -0.05) is 0 Å². The van der Waals surface area contributed by atoms with Crippen molar-refractivity contribution in [1.82, 2.24) is 15.6 Å². The van der Waals surface area contributed by atoms with Crippen molar-refractivity contribution in [2.24, 2.45) is 0 Å². The summed E-state index contributed by atoms with van der Waals surface area (Å²) in [5.41, 5.74) is 1.15. The van der Waals surface area contributed by atoms with Gasteiger partial charge >= 0.3 is 0 Å². The summed E-state index contributed by atoms with van der Waals surface area (Å²) in [5, 5.41) is 18.8. The lowest BCUT2D eigenvalue weighted by atomic mass is 10.2. The first-order valence-electron chi connectivity index (χ1n) is 6.75. The van der Waals surface area contributed by atoms with Crippen LogP contribution < -0.4 is 10.6 Å². The number of carbonyl (C=O) groups is 1. The number of nitrogens with one attached hydrogen (secondary N) is 2. The fraction of sp³-hybridized carbons (Fsp3) is 0.286. The average Bonchev–Trinajstić information content (AvgIpc) is 3.01. The molecule has 0 fully saturated rings. The Balaban J connectivity index is 2.01. The van der Waals surface area contributed by atoms with Gasteiger partial charge in [-0.25, -0.2) is 4.98 Å². The molecule has 0 aliphatic carbocycles. The average molecular weight is 320 g/mol. The van der Waals surface area contributed by atoms with Crippen LogP contribution in [-0.4, -0.2) is 36.0 Å². The Morgan fingerprint density at radius 1 is 1.32 bits per heavy atom. The predicted molar refractivity (Wildman–Crippen MR) is 85.1 cm³/mol. The second-order valence-corrected chi connectivity index (χ2v) is 5.41. The van der Waals surface area contributed by atoms with Crippen molar-refractivity contribution in [2.45, 2.75) is 6.42 Å². The Hall–Kier alpha value is -2.32. The fourth-order valence-corrected chi connectivity index (χ4v) is 2.60. The molecular formula is C14H16N4O3S. The number of aromatic nitrogens is 1. The predicted octanol–water partition coefficient (Wildman–Crippen LogP) is 2.06. The molecule has 7 nitrogen and oxygen atoms in total. The zero-order valence-electron chi connectivity index (χ0n) is 12.0. The molecule has 2 rings (SSSR count). The molecule has 0 aliphatic rings. The maximum Gasteiger partial charge on any atom is 0.270 e. The summed E-state index contributed by atoms with van der Waals surface area (Å²) >= 11 is 1.33. The van der Waals surface area contributed by atoms with E-state index in [1.54, 1.807) is 17.5 Å². The minimum absolute atomic E-state index is 0.0304. The number of carbonyl (C=O) groups excluding carboxylic acids is 1. The van der Waals surface area contributed by atoms with Crippen molar-refractivity contribution in [2.75, 3.05) is 20.1 Å². The Morgan fingerprint density at radius 3 is 2.68 bits per heavy atom. The van der Waals surface area contributed by atoms with Gasteiger partial charge in [0, 0.05) is 29.6 Å². The molecule has 0 bridgehead atoms. The molecule has 1 heterocycles. The molecule has 1 amide bonds. The highest BCUT2D eigenvalue weighted by molar-refractivity contribution is 7.13. The fourth-order valence-electron chi connectivity index (χ4n) is 1.79. The topological polar surface area (TPSA) is 97.2 Å². The summed E-state index contributed by atoms with van der Waals surface area (Å²) in [4.78, 5) is 26.4. The van der Waals surface area contributed by atoms with E-state index >= 15 is 0 Å². The number of non-ortho nitro benzene ring substituents is 1. The monoisotopic (exact) mass is 320 g/mol. The molecule has 116 valence electrons. The summed E-state index contributed by atoms with van der Waals surface area (Å²) in [7, 11) is 1.86. The number of nitro benzene ring substituents is 1. The number of hydrogen-bond acceptors (Lipinski definition) is 6. The van der Waals surface area contributed by atoms with Crippen molar-refractivity contribution in [3.63, 3.8) is 0 Å². The smallest absolute Gasteiger partial charge is 0.270 e. The van der Waals surface area contributed by atoms with Gasteiger partial charge in [0.2, 0.25) is 0 Å². The normalized spacial score (nSPS) is 10.4. The van der Waals surface area contributed by atoms with Crippen LogP contribution in [0.1, 0.15) is 16.9 Å². The van der Waals surface area contributed by atoms with E-state index in [9.17, 15) is 14.9 Å². The summed E-state index contributed by atoms with van der Waals surface area (Å²) < 4.78 is 0. The first-order chi connectivity index (χ1) is 10.6. The molecule has 1 aromatic heterocycles. The van der Waals surface area contributed by atoms with E-state index in [4.69, 9.17) is 0 Å². The summed E-state index contributed by atoms with van der Waals surface area (Å²) in [6, 6.07) is 6.11. The highest BCUT2D eigenvalue weighted by Crippen LogP contribution is 2.25. The molecule has 2 aromatic rings. The third kappa shape index (κ3) is 4.09. The largest absolute Gasteiger partial charge is 0.351 e. The Morgan fingerprint density at radius 2 is 2.05 bits per heavy atom. The van der Waals surface area contributed by atoms with Crippen LogP contribution in [0.25, 0.3) is 10.6 Å². The van der Waals surface area contributed by atoms with Crippen LogP contribution in [0.3, 0.4) is 0 Å². The highest BCUT2D eigenvalue weighted by Gasteiger charge is 2.12. The summed E-state index contributed by atoms with van der Waals surface area (Å²) in [6.07, 6.45) is 0.849. The van der Waals surface area contributed by atoms with E-state index in [1.807, 2.05) is 7.05 Å². The minimum atomic E-state index is -0.449. The van der Waals surface area contributed by atoms with Crippen LogP contribution in [-0.2, 0) is 0 Å². The van der Waals surface area contributed by atoms with E-state index < -0.39 is 4.92 Å². The van der Waals surface area contributed by atoms with E-state index in [0.29, 0.717) is 17.2 Å². The molecule has 2 N–H and O–H groups in total. The third-order valence-electron chi connectivity index (χ3n) is 2.95. The van der Waals surface area contributed by atoms with Crippen LogP contribution in [0.4, 0.5) is 5.69 Å². The molecule has 0 radical (unpaired) electrons. The molecule has 0 unspecified atom stereocenters. The van der Waals surface area contributed by atoms with Crippen LogP contribution in [0.15, 0.2) is 29.6 Å². The zero-order valence-corrected chi connectivity index (χ0v) is 12.9. The van der Waals surface area contributed by atoms with Gasteiger partial charge in [-0.15, -0.1) is 11.3 Å². The number of thiazole rings is 1. The molecule has 0 spiro atoms. The third-order valence-corrected chi connectivity index (χ3v) is 3.84. The number of rotatable bonds is 7. The van der Waals surface area contributed by atoms with Crippen LogP contribution in [0, 0.1) is 10.1 Å². The minimum Gasteiger partial charge on any atom is -0.351 e. The lowest BCUT2D eigenvalue weighted by molar-refractivity contribution is -0.384. The summed E-state index contributed by atoms with van der Waals surface area (Å²) in [6.45, 7) is 1.43. The van der Waals surface area contributed by atoms with Crippen molar-refractivity contribution < 1.29 is 9.72 Å². The molecular weight excluding hydrogens is 304 g/mol. The molecule has 0 aliphatic heterocycles. The standard InChI is InChI=1S/C14H16N4O3S/c1-15-7-2-8-16-13(19)12-9-22-14(17-12)10-3-5-11(6-4-10)18(20)21/h3-6,9,15H,2,7-8H2,1H3,(H,16,19). The molecule has 1 aromatic carbocycles. The van der Waals surface area contributed by atoms with Gasteiger partial charge in [0.05, 0.1) is 4.92 Å². The van der Waals surface area contributed by atoms with E-state index in [0.717, 1.165) is 18.5 Å². The molecule has 0 saturated carbocycles. The molecule has 0 saturated heterocycles. The van der Waals surface area contributed by atoms with Gasteiger partial charge in [0.25, 0.3) is 11.6 Å². The number of nitro groups is 1. The number of hydrogen-bond donors (Lipinski definition) is 2. The van der Waals surface area contributed by atoms with Gasteiger partial charge in [-0.05, 0) is 32.1 Å². The maximum atomic E-state index is 11.9. The lowest BCUT2D eigenvalue weighted by Crippen LogP contribution is -2.26. The van der Waals surface area contributed by atoms with Crippen molar-refractivity contribution in [1.29, 1.82) is 0 Å².